The van der Waals surface area contributed by atoms with Crippen molar-refractivity contribution in [3.63, 3.8) is 0 Å². The quantitative estimate of drug-likeness (QED) is 0.628. The van der Waals surface area contributed by atoms with Crippen LogP contribution in [0.4, 0.5) is 0 Å². The van der Waals surface area contributed by atoms with Crippen molar-refractivity contribution in [3.8, 4) is 0 Å². The lowest BCUT2D eigenvalue weighted by molar-refractivity contribution is -0.124. The summed E-state index contributed by atoms with van der Waals surface area (Å²) in [5.74, 6) is 0.999. The smallest absolute Gasteiger partial charge is 0.158 e. The fourth-order valence-corrected chi connectivity index (χ4v) is 1.96. The zero-order valence-electron chi connectivity index (χ0n) is 9.26. The van der Waals surface area contributed by atoms with Gasteiger partial charge in [-0.25, -0.2) is 0 Å². The fraction of sp³-hybridized carbons (Fsp3) is 0.917. The van der Waals surface area contributed by atoms with Gasteiger partial charge < -0.3 is 4.74 Å². The van der Waals surface area contributed by atoms with Crippen LogP contribution in [-0.4, -0.2) is 19.0 Å². The van der Waals surface area contributed by atoms with Gasteiger partial charge in [-0.2, -0.15) is 0 Å². The first-order chi connectivity index (χ1) is 6.83. The van der Waals surface area contributed by atoms with E-state index in [-0.39, 0.29) is 5.78 Å². The third-order valence-corrected chi connectivity index (χ3v) is 2.90. The van der Waals surface area contributed by atoms with Crippen LogP contribution in [0.2, 0.25) is 0 Å². The first kappa shape index (κ1) is 11.7. The second-order valence-corrected chi connectivity index (χ2v) is 4.31. The number of Topliss-reactive ketones (excluding diaryl/α,β-unsaturated/α-hetero) is 1. The second kappa shape index (κ2) is 6.99. The molecular weight excluding hydrogens is 176 g/mol. The van der Waals surface area contributed by atoms with Crippen molar-refractivity contribution < 1.29 is 9.53 Å². The van der Waals surface area contributed by atoms with Crippen LogP contribution in [0.15, 0.2) is 0 Å². The standard InChI is InChI=1S/C12H22O2/c1-2-3-8-12(13)10-14-9-11-6-4-5-7-11/h11H,2-10H2,1H3. The molecule has 0 N–H and O–H groups in total. The van der Waals surface area contributed by atoms with Crippen LogP contribution in [-0.2, 0) is 9.53 Å². The Labute approximate surface area is 87.0 Å². The maximum absolute atomic E-state index is 11.3. The normalized spacial score (nSPS) is 17.5. The van der Waals surface area contributed by atoms with Gasteiger partial charge in [-0.1, -0.05) is 26.2 Å². The maximum Gasteiger partial charge on any atom is 0.158 e. The number of hydrogen-bond donors (Lipinski definition) is 0. The van der Waals surface area contributed by atoms with Gasteiger partial charge in [-0.05, 0) is 25.2 Å². The summed E-state index contributed by atoms with van der Waals surface area (Å²) >= 11 is 0. The monoisotopic (exact) mass is 198 g/mol. The molecule has 1 rings (SSSR count). The molecule has 0 aromatic carbocycles. The van der Waals surface area contributed by atoms with E-state index < -0.39 is 0 Å². The molecule has 1 aliphatic rings. The van der Waals surface area contributed by atoms with Crippen LogP contribution in [0, 0.1) is 5.92 Å². The zero-order chi connectivity index (χ0) is 10.2. The minimum Gasteiger partial charge on any atom is -0.373 e. The summed E-state index contributed by atoms with van der Waals surface area (Å²) in [5, 5.41) is 0. The van der Waals surface area contributed by atoms with Crippen molar-refractivity contribution in [3.05, 3.63) is 0 Å². The Bertz CT molecular complexity index is 160. The number of carbonyl (C=O) groups excluding carboxylic acids is 1. The maximum atomic E-state index is 11.3. The highest BCUT2D eigenvalue weighted by molar-refractivity contribution is 5.79. The highest BCUT2D eigenvalue weighted by Crippen LogP contribution is 2.24. The summed E-state index contributed by atoms with van der Waals surface area (Å²) in [5.41, 5.74) is 0. The van der Waals surface area contributed by atoms with E-state index in [2.05, 4.69) is 6.92 Å². The predicted molar refractivity (Wildman–Crippen MR) is 57.3 cm³/mol. The Morgan fingerprint density at radius 3 is 2.71 bits per heavy atom. The Morgan fingerprint density at radius 2 is 2.07 bits per heavy atom. The molecule has 0 atom stereocenters. The van der Waals surface area contributed by atoms with Gasteiger partial charge in [0.25, 0.3) is 0 Å². The molecule has 0 amide bonds. The van der Waals surface area contributed by atoms with Crippen LogP contribution in [0.1, 0.15) is 51.9 Å². The molecular formula is C12H22O2. The van der Waals surface area contributed by atoms with Crippen molar-refractivity contribution in [1.82, 2.24) is 0 Å². The Balaban J connectivity index is 1.94. The number of ether oxygens (including phenoxy) is 1. The molecule has 82 valence electrons. The number of hydrogen-bond acceptors (Lipinski definition) is 2. The molecule has 0 heterocycles. The molecule has 0 aromatic heterocycles. The van der Waals surface area contributed by atoms with E-state index >= 15 is 0 Å². The van der Waals surface area contributed by atoms with E-state index in [1.54, 1.807) is 0 Å². The molecule has 1 fully saturated rings. The van der Waals surface area contributed by atoms with Gasteiger partial charge in [0.05, 0.1) is 0 Å². The summed E-state index contributed by atoms with van der Waals surface area (Å²) in [6.07, 6.45) is 8.07. The Kier molecular flexibility index (Phi) is 5.85. The summed E-state index contributed by atoms with van der Waals surface area (Å²) in [6, 6.07) is 0. The van der Waals surface area contributed by atoms with Gasteiger partial charge in [-0.15, -0.1) is 0 Å². The minimum absolute atomic E-state index is 0.268. The summed E-state index contributed by atoms with van der Waals surface area (Å²) in [6.45, 7) is 3.25. The van der Waals surface area contributed by atoms with Gasteiger partial charge in [0, 0.05) is 13.0 Å². The molecule has 1 saturated carbocycles. The van der Waals surface area contributed by atoms with Gasteiger partial charge in [-0.3, -0.25) is 4.79 Å². The number of unbranched alkanes of at least 4 members (excludes halogenated alkanes) is 1. The van der Waals surface area contributed by atoms with E-state index in [9.17, 15) is 4.79 Å². The average molecular weight is 198 g/mol. The molecule has 0 aromatic rings. The van der Waals surface area contributed by atoms with Crippen LogP contribution in [0.25, 0.3) is 0 Å². The lowest BCUT2D eigenvalue weighted by Gasteiger charge is -2.08. The number of carbonyl (C=O) groups is 1. The lowest BCUT2D eigenvalue weighted by atomic mass is 10.1. The molecule has 0 radical (unpaired) electrons. The number of ketones is 1. The first-order valence-electron chi connectivity index (χ1n) is 5.92. The van der Waals surface area contributed by atoms with E-state index in [0.717, 1.165) is 25.4 Å². The molecule has 14 heavy (non-hydrogen) atoms. The second-order valence-electron chi connectivity index (χ2n) is 4.31. The van der Waals surface area contributed by atoms with Gasteiger partial charge in [0.15, 0.2) is 5.78 Å². The van der Waals surface area contributed by atoms with Gasteiger partial charge in [0.2, 0.25) is 0 Å². The zero-order valence-corrected chi connectivity index (χ0v) is 9.26. The van der Waals surface area contributed by atoms with Crippen molar-refractivity contribution >= 4 is 5.78 Å². The summed E-state index contributed by atoms with van der Waals surface area (Å²) in [7, 11) is 0. The first-order valence-corrected chi connectivity index (χ1v) is 5.92. The van der Waals surface area contributed by atoms with E-state index in [1.807, 2.05) is 0 Å². The van der Waals surface area contributed by atoms with Gasteiger partial charge >= 0.3 is 0 Å². The topological polar surface area (TPSA) is 26.3 Å². The van der Waals surface area contributed by atoms with E-state index in [1.165, 1.54) is 25.7 Å². The lowest BCUT2D eigenvalue weighted by Crippen LogP contribution is -2.13. The van der Waals surface area contributed by atoms with Crippen molar-refractivity contribution in [1.29, 1.82) is 0 Å². The molecule has 0 aliphatic heterocycles. The van der Waals surface area contributed by atoms with Crippen LogP contribution >= 0.6 is 0 Å². The largest absolute Gasteiger partial charge is 0.373 e. The molecule has 1 aliphatic carbocycles. The fourth-order valence-electron chi connectivity index (χ4n) is 1.96. The van der Waals surface area contributed by atoms with Crippen molar-refractivity contribution in [2.24, 2.45) is 5.92 Å². The molecule has 0 spiro atoms. The molecule has 2 nitrogen and oxygen atoms in total. The average Bonchev–Trinajstić information content (AvgIpc) is 2.67. The van der Waals surface area contributed by atoms with Crippen molar-refractivity contribution in [2.45, 2.75) is 51.9 Å². The van der Waals surface area contributed by atoms with E-state index in [4.69, 9.17) is 4.74 Å². The number of rotatable bonds is 7. The van der Waals surface area contributed by atoms with Crippen LogP contribution < -0.4 is 0 Å². The Hall–Kier alpha value is -0.370. The summed E-state index contributed by atoms with van der Waals surface area (Å²) in [4.78, 5) is 11.3. The van der Waals surface area contributed by atoms with E-state index in [0.29, 0.717) is 13.0 Å². The van der Waals surface area contributed by atoms with Crippen LogP contribution in [0.3, 0.4) is 0 Å². The van der Waals surface area contributed by atoms with Gasteiger partial charge in [0.1, 0.15) is 6.61 Å². The minimum atomic E-state index is 0.268. The SMILES string of the molecule is CCCCC(=O)COCC1CCCC1. The highest BCUT2D eigenvalue weighted by Gasteiger charge is 2.15. The van der Waals surface area contributed by atoms with Crippen molar-refractivity contribution in [2.75, 3.05) is 13.2 Å². The predicted octanol–water partition coefficient (Wildman–Crippen LogP) is 2.95. The highest BCUT2D eigenvalue weighted by atomic mass is 16.5. The molecule has 0 unspecified atom stereocenters. The molecule has 0 saturated heterocycles. The molecule has 2 heteroatoms. The molecule has 0 bridgehead atoms. The summed E-state index contributed by atoms with van der Waals surface area (Å²) < 4.78 is 5.43. The van der Waals surface area contributed by atoms with Crippen LogP contribution in [0.5, 0.6) is 0 Å². The Morgan fingerprint density at radius 1 is 1.36 bits per heavy atom. The third-order valence-electron chi connectivity index (χ3n) is 2.90. The third kappa shape index (κ3) is 4.75.